The molecular weight excluding hydrogens is 353 g/mol. The van der Waals surface area contributed by atoms with Gasteiger partial charge < -0.3 is 0 Å². The lowest BCUT2D eigenvalue weighted by molar-refractivity contribution is -0.123. The van der Waals surface area contributed by atoms with Crippen LogP contribution in [0.25, 0.3) is 6.08 Å². The SMILES string of the molecule is Cc1ccc(N2C(=O)[C@@H]3[C@H]4C[C@@H]([C@@H]3C2=O)[C@@H]2C(=Cc3ccc(F)cc3)[C@H]42)cc1. The molecule has 6 atom stereocenters. The first-order valence-electron chi connectivity index (χ1n) is 9.96. The molecule has 4 heteroatoms. The van der Waals surface area contributed by atoms with E-state index in [1.54, 1.807) is 12.1 Å². The average molecular weight is 373 g/mol. The number of imide groups is 1. The van der Waals surface area contributed by atoms with Gasteiger partial charge in [-0.15, -0.1) is 0 Å². The van der Waals surface area contributed by atoms with Crippen molar-refractivity contribution in [2.45, 2.75) is 13.3 Å². The molecule has 140 valence electrons. The second kappa shape index (κ2) is 5.40. The molecule has 1 saturated heterocycles. The second-order valence-electron chi connectivity index (χ2n) is 8.71. The van der Waals surface area contributed by atoms with Gasteiger partial charge in [0.25, 0.3) is 0 Å². The van der Waals surface area contributed by atoms with Crippen LogP contribution < -0.4 is 4.90 Å². The number of hydrogen-bond acceptors (Lipinski definition) is 2. The third-order valence-electron chi connectivity index (χ3n) is 7.33. The summed E-state index contributed by atoms with van der Waals surface area (Å²) in [6.07, 6.45) is 3.13. The summed E-state index contributed by atoms with van der Waals surface area (Å²) in [6, 6.07) is 14.1. The fraction of sp³-hybridized carbons (Fsp3) is 0.333. The van der Waals surface area contributed by atoms with E-state index in [4.69, 9.17) is 0 Å². The van der Waals surface area contributed by atoms with E-state index in [2.05, 4.69) is 6.08 Å². The summed E-state index contributed by atoms with van der Waals surface area (Å²) in [6.45, 7) is 1.99. The molecule has 2 aromatic rings. The van der Waals surface area contributed by atoms with Gasteiger partial charge in [-0.05, 0) is 66.8 Å². The van der Waals surface area contributed by atoms with Crippen LogP contribution in [0.5, 0.6) is 0 Å². The van der Waals surface area contributed by atoms with Crippen molar-refractivity contribution < 1.29 is 14.0 Å². The molecular formula is C24H20FNO2. The fourth-order valence-corrected chi connectivity index (χ4v) is 6.21. The van der Waals surface area contributed by atoms with Crippen LogP contribution in [0.15, 0.2) is 54.1 Å². The molecule has 0 spiro atoms. The Hall–Kier alpha value is -2.75. The first kappa shape index (κ1) is 16.2. The van der Waals surface area contributed by atoms with Gasteiger partial charge >= 0.3 is 0 Å². The van der Waals surface area contributed by atoms with Gasteiger partial charge in [0.15, 0.2) is 0 Å². The monoisotopic (exact) mass is 373 g/mol. The number of allylic oxidation sites excluding steroid dienone is 1. The Morgan fingerprint density at radius 1 is 0.857 bits per heavy atom. The molecule has 0 aromatic heterocycles. The number of fused-ring (bicyclic) bond motifs is 8. The molecule has 3 saturated carbocycles. The van der Waals surface area contributed by atoms with Crippen molar-refractivity contribution in [1.29, 1.82) is 0 Å². The summed E-state index contributed by atoms with van der Waals surface area (Å²) in [5.74, 6) is 0.795. The van der Waals surface area contributed by atoms with Crippen molar-refractivity contribution >= 4 is 23.6 Å². The van der Waals surface area contributed by atoms with E-state index >= 15 is 0 Å². The second-order valence-corrected chi connectivity index (χ2v) is 8.71. The van der Waals surface area contributed by atoms with Crippen LogP contribution in [-0.2, 0) is 9.59 Å². The zero-order chi connectivity index (χ0) is 19.2. The third-order valence-corrected chi connectivity index (χ3v) is 7.33. The smallest absolute Gasteiger partial charge is 0.237 e. The number of hydrogen-bond donors (Lipinski definition) is 0. The molecule has 1 aliphatic heterocycles. The normalized spacial score (nSPS) is 36.2. The van der Waals surface area contributed by atoms with Crippen molar-refractivity contribution in [2.24, 2.45) is 35.5 Å². The highest BCUT2D eigenvalue weighted by Gasteiger charge is 2.74. The van der Waals surface area contributed by atoms with Crippen LogP contribution in [0.1, 0.15) is 17.5 Å². The molecule has 4 fully saturated rings. The van der Waals surface area contributed by atoms with Crippen molar-refractivity contribution in [3.8, 4) is 0 Å². The van der Waals surface area contributed by atoms with E-state index in [0.717, 1.165) is 17.5 Å². The first-order valence-corrected chi connectivity index (χ1v) is 9.96. The molecule has 3 aliphatic carbocycles. The molecule has 3 nitrogen and oxygen atoms in total. The third kappa shape index (κ3) is 2.03. The van der Waals surface area contributed by atoms with Gasteiger partial charge in [-0.25, -0.2) is 4.39 Å². The maximum atomic E-state index is 13.2. The number of carbonyl (C=O) groups is 2. The van der Waals surface area contributed by atoms with Crippen LogP contribution in [-0.4, -0.2) is 11.8 Å². The van der Waals surface area contributed by atoms with E-state index in [1.807, 2.05) is 31.2 Å². The summed E-state index contributed by atoms with van der Waals surface area (Å²) in [5.41, 5.74) is 4.16. The molecule has 0 radical (unpaired) electrons. The quantitative estimate of drug-likeness (QED) is 0.739. The van der Waals surface area contributed by atoms with Gasteiger partial charge in [-0.2, -0.15) is 0 Å². The summed E-state index contributed by atoms with van der Waals surface area (Å²) in [5, 5.41) is 0. The first-order chi connectivity index (χ1) is 13.5. The molecule has 0 unspecified atom stereocenters. The van der Waals surface area contributed by atoms with Crippen molar-refractivity contribution in [2.75, 3.05) is 4.90 Å². The Balaban J connectivity index is 1.30. The molecule has 0 N–H and O–H groups in total. The van der Waals surface area contributed by atoms with Crippen LogP contribution in [0.3, 0.4) is 0 Å². The Labute approximate surface area is 162 Å². The number of rotatable bonds is 2. The zero-order valence-electron chi connectivity index (χ0n) is 15.5. The maximum Gasteiger partial charge on any atom is 0.237 e. The highest BCUT2D eigenvalue weighted by atomic mass is 19.1. The number of nitrogens with zero attached hydrogens (tertiary/aromatic N) is 1. The number of amides is 2. The largest absolute Gasteiger partial charge is 0.274 e. The van der Waals surface area contributed by atoms with Gasteiger partial charge in [0.1, 0.15) is 5.82 Å². The fourth-order valence-electron chi connectivity index (χ4n) is 6.21. The molecule has 2 bridgehead atoms. The molecule has 28 heavy (non-hydrogen) atoms. The lowest BCUT2D eigenvalue weighted by Crippen LogP contribution is -2.33. The average Bonchev–Trinajstić information content (AvgIpc) is 2.97. The summed E-state index contributed by atoms with van der Waals surface area (Å²) >= 11 is 0. The van der Waals surface area contributed by atoms with Gasteiger partial charge in [0.05, 0.1) is 17.5 Å². The van der Waals surface area contributed by atoms with E-state index < -0.39 is 0 Å². The zero-order valence-corrected chi connectivity index (χ0v) is 15.5. The standard InChI is InChI=1S/C24H20FNO2/c1-12-2-8-15(9-3-12)26-23(27)21-17-11-18(22(21)24(26)28)20-16(19(17)20)10-13-4-6-14(25)7-5-13/h2-10,17-22H,11H2,1H3/t17-,18+,19+,20-,21+,22-. The molecule has 2 amide bonds. The Morgan fingerprint density at radius 3 is 2.00 bits per heavy atom. The van der Waals surface area contributed by atoms with Crippen molar-refractivity contribution in [3.05, 3.63) is 71.0 Å². The van der Waals surface area contributed by atoms with E-state index in [-0.39, 0.29) is 41.3 Å². The van der Waals surface area contributed by atoms with Gasteiger partial charge in [-0.1, -0.05) is 41.5 Å². The van der Waals surface area contributed by atoms with Crippen molar-refractivity contribution in [1.82, 2.24) is 0 Å². The summed E-state index contributed by atoms with van der Waals surface area (Å²) in [7, 11) is 0. The van der Waals surface area contributed by atoms with Crippen LogP contribution in [0.2, 0.25) is 0 Å². The predicted molar refractivity (Wildman–Crippen MR) is 104 cm³/mol. The molecule has 4 aliphatic rings. The summed E-state index contributed by atoms with van der Waals surface area (Å²) in [4.78, 5) is 27.8. The molecule has 2 aromatic carbocycles. The number of benzene rings is 2. The minimum absolute atomic E-state index is 0.0159. The minimum atomic E-state index is -0.236. The minimum Gasteiger partial charge on any atom is -0.274 e. The lowest BCUT2D eigenvalue weighted by Gasteiger charge is -2.18. The van der Waals surface area contributed by atoms with Crippen molar-refractivity contribution in [3.63, 3.8) is 0 Å². The van der Waals surface area contributed by atoms with E-state index in [9.17, 15) is 14.0 Å². The number of anilines is 1. The van der Waals surface area contributed by atoms with Crippen LogP contribution in [0.4, 0.5) is 10.1 Å². The van der Waals surface area contributed by atoms with Crippen LogP contribution in [0, 0.1) is 48.2 Å². The highest BCUT2D eigenvalue weighted by molar-refractivity contribution is 6.22. The maximum absolute atomic E-state index is 13.2. The molecule has 6 rings (SSSR count). The van der Waals surface area contributed by atoms with Crippen LogP contribution >= 0.6 is 0 Å². The van der Waals surface area contributed by atoms with Gasteiger partial charge in [-0.3, -0.25) is 14.5 Å². The summed E-state index contributed by atoms with van der Waals surface area (Å²) < 4.78 is 13.1. The van der Waals surface area contributed by atoms with Gasteiger partial charge in [0.2, 0.25) is 11.8 Å². The van der Waals surface area contributed by atoms with E-state index in [0.29, 0.717) is 17.5 Å². The molecule has 1 heterocycles. The Bertz CT molecular complexity index is 1000. The lowest BCUT2D eigenvalue weighted by atomic mass is 9.81. The topological polar surface area (TPSA) is 37.4 Å². The Kier molecular flexibility index (Phi) is 3.13. The number of halogens is 1. The number of aryl methyl sites for hydroxylation is 1. The number of carbonyl (C=O) groups excluding carboxylic acids is 2. The highest BCUT2D eigenvalue weighted by Crippen LogP contribution is 2.74. The Morgan fingerprint density at radius 2 is 1.43 bits per heavy atom. The van der Waals surface area contributed by atoms with Gasteiger partial charge in [0, 0.05) is 0 Å². The van der Waals surface area contributed by atoms with E-state index in [1.165, 1.54) is 22.6 Å². The predicted octanol–water partition coefficient (Wildman–Crippen LogP) is 4.22.